The summed E-state index contributed by atoms with van der Waals surface area (Å²) in [6, 6.07) is 0.335. The molecule has 2 rings (SSSR count). The standard InChI is InChI=1S/C16H30N2O2/c1-13(2)11-17-7-8-18(12-15(17)6-9-19)16(20)10-14-4-3-5-14/h13-15,19H,3-12H2,1-2H3. The molecule has 1 unspecified atom stereocenters. The van der Waals surface area contributed by atoms with Gasteiger partial charge in [-0.1, -0.05) is 20.3 Å². The number of amides is 1. The molecule has 1 saturated heterocycles. The molecule has 0 spiro atoms. The van der Waals surface area contributed by atoms with Crippen LogP contribution in [0.4, 0.5) is 0 Å². The van der Waals surface area contributed by atoms with Gasteiger partial charge < -0.3 is 10.0 Å². The predicted molar refractivity (Wildman–Crippen MR) is 80.4 cm³/mol. The Hall–Kier alpha value is -0.610. The fourth-order valence-corrected chi connectivity index (χ4v) is 3.32. The Morgan fingerprint density at radius 1 is 1.30 bits per heavy atom. The van der Waals surface area contributed by atoms with Crippen LogP contribution in [0.2, 0.25) is 0 Å². The van der Waals surface area contributed by atoms with E-state index in [1.807, 2.05) is 4.90 Å². The molecule has 1 aliphatic carbocycles. The summed E-state index contributed by atoms with van der Waals surface area (Å²) >= 11 is 0. The monoisotopic (exact) mass is 282 g/mol. The van der Waals surface area contributed by atoms with Gasteiger partial charge in [-0.3, -0.25) is 9.69 Å². The second-order valence-corrected chi connectivity index (χ2v) is 6.90. The smallest absolute Gasteiger partial charge is 0.222 e. The summed E-state index contributed by atoms with van der Waals surface area (Å²) in [5.41, 5.74) is 0. The van der Waals surface area contributed by atoms with Crippen LogP contribution in [-0.2, 0) is 4.79 Å². The van der Waals surface area contributed by atoms with Gasteiger partial charge in [0.05, 0.1) is 0 Å². The summed E-state index contributed by atoms with van der Waals surface area (Å²) < 4.78 is 0. The lowest BCUT2D eigenvalue weighted by Gasteiger charge is -2.42. The first-order valence-electron chi connectivity index (χ1n) is 8.22. The number of piperazine rings is 1. The molecule has 0 aromatic heterocycles. The molecule has 0 aromatic rings. The van der Waals surface area contributed by atoms with E-state index in [0.29, 0.717) is 23.8 Å². The van der Waals surface area contributed by atoms with Gasteiger partial charge in [0.15, 0.2) is 0 Å². The minimum atomic E-state index is 0.212. The van der Waals surface area contributed by atoms with Crippen molar-refractivity contribution in [2.45, 2.75) is 52.0 Å². The molecule has 1 saturated carbocycles. The summed E-state index contributed by atoms with van der Waals surface area (Å²) in [6.45, 7) is 8.35. The molecule has 2 fully saturated rings. The first-order chi connectivity index (χ1) is 9.60. The Bertz CT molecular complexity index is 316. The van der Waals surface area contributed by atoms with E-state index in [-0.39, 0.29) is 6.61 Å². The number of nitrogens with zero attached hydrogens (tertiary/aromatic N) is 2. The van der Waals surface area contributed by atoms with E-state index in [1.165, 1.54) is 19.3 Å². The predicted octanol–water partition coefficient (Wildman–Crippen LogP) is 1.73. The van der Waals surface area contributed by atoms with Gasteiger partial charge in [-0.2, -0.15) is 0 Å². The molecule has 1 atom stereocenters. The molecule has 2 aliphatic rings. The average Bonchev–Trinajstić information content (AvgIpc) is 2.35. The first-order valence-corrected chi connectivity index (χ1v) is 8.22. The van der Waals surface area contributed by atoms with E-state index in [4.69, 9.17) is 0 Å². The molecule has 1 heterocycles. The summed E-state index contributed by atoms with van der Waals surface area (Å²) in [5.74, 6) is 1.61. The fourth-order valence-electron chi connectivity index (χ4n) is 3.32. The van der Waals surface area contributed by atoms with Crippen molar-refractivity contribution in [1.82, 2.24) is 9.80 Å². The van der Waals surface area contributed by atoms with Gasteiger partial charge in [0, 0.05) is 45.2 Å². The topological polar surface area (TPSA) is 43.8 Å². The second-order valence-electron chi connectivity index (χ2n) is 6.90. The first kappa shape index (κ1) is 15.8. The van der Waals surface area contributed by atoms with Crippen LogP contribution in [0, 0.1) is 11.8 Å². The normalized spacial score (nSPS) is 25.0. The number of carbonyl (C=O) groups excluding carboxylic acids is 1. The van der Waals surface area contributed by atoms with Crippen molar-refractivity contribution in [2.75, 3.05) is 32.8 Å². The summed E-state index contributed by atoms with van der Waals surface area (Å²) in [7, 11) is 0. The van der Waals surface area contributed by atoms with Gasteiger partial charge in [0.25, 0.3) is 0 Å². The van der Waals surface area contributed by atoms with Crippen molar-refractivity contribution in [2.24, 2.45) is 11.8 Å². The van der Waals surface area contributed by atoms with Gasteiger partial charge in [-0.25, -0.2) is 0 Å². The third-order valence-electron chi connectivity index (χ3n) is 4.71. The van der Waals surface area contributed by atoms with E-state index in [0.717, 1.165) is 39.0 Å². The van der Waals surface area contributed by atoms with Crippen LogP contribution in [0.3, 0.4) is 0 Å². The molecule has 0 aromatic carbocycles. The molecule has 4 nitrogen and oxygen atoms in total. The Morgan fingerprint density at radius 3 is 2.60 bits per heavy atom. The maximum atomic E-state index is 12.3. The SMILES string of the molecule is CC(C)CN1CCN(C(=O)CC2CCC2)CC1CCO. The number of aliphatic hydroxyl groups excluding tert-OH is 1. The molecule has 20 heavy (non-hydrogen) atoms. The van der Waals surface area contributed by atoms with Gasteiger partial charge in [0.2, 0.25) is 5.91 Å². The lowest BCUT2D eigenvalue weighted by atomic mass is 9.82. The van der Waals surface area contributed by atoms with Crippen molar-refractivity contribution < 1.29 is 9.90 Å². The highest BCUT2D eigenvalue weighted by molar-refractivity contribution is 5.76. The third-order valence-corrected chi connectivity index (χ3v) is 4.71. The van der Waals surface area contributed by atoms with Crippen LogP contribution in [0.1, 0.15) is 46.0 Å². The zero-order chi connectivity index (χ0) is 14.5. The van der Waals surface area contributed by atoms with Crippen LogP contribution in [-0.4, -0.2) is 59.6 Å². The highest BCUT2D eigenvalue weighted by Gasteiger charge is 2.31. The van der Waals surface area contributed by atoms with Crippen molar-refractivity contribution in [3.8, 4) is 0 Å². The van der Waals surface area contributed by atoms with E-state index >= 15 is 0 Å². The summed E-state index contributed by atoms with van der Waals surface area (Å²) in [4.78, 5) is 16.8. The lowest BCUT2D eigenvalue weighted by Crippen LogP contribution is -2.56. The Labute approximate surface area is 123 Å². The van der Waals surface area contributed by atoms with Gasteiger partial charge in [-0.15, -0.1) is 0 Å². The molecular weight excluding hydrogens is 252 g/mol. The van der Waals surface area contributed by atoms with Crippen LogP contribution >= 0.6 is 0 Å². The highest BCUT2D eigenvalue weighted by Crippen LogP contribution is 2.30. The summed E-state index contributed by atoms with van der Waals surface area (Å²) in [5, 5.41) is 9.26. The van der Waals surface area contributed by atoms with Crippen molar-refractivity contribution in [3.63, 3.8) is 0 Å². The highest BCUT2D eigenvalue weighted by atomic mass is 16.3. The van der Waals surface area contributed by atoms with Gasteiger partial charge in [-0.05, 0) is 31.1 Å². The van der Waals surface area contributed by atoms with E-state index in [9.17, 15) is 9.90 Å². The van der Waals surface area contributed by atoms with Crippen LogP contribution < -0.4 is 0 Å². The fraction of sp³-hybridized carbons (Fsp3) is 0.938. The molecule has 116 valence electrons. The number of carbonyl (C=O) groups is 1. The molecule has 4 heteroatoms. The van der Waals surface area contributed by atoms with E-state index in [1.54, 1.807) is 0 Å². The van der Waals surface area contributed by atoms with Crippen molar-refractivity contribution in [3.05, 3.63) is 0 Å². The maximum Gasteiger partial charge on any atom is 0.222 e. The van der Waals surface area contributed by atoms with Crippen molar-refractivity contribution >= 4 is 5.91 Å². The second kappa shape index (κ2) is 7.41. The zero-order valence-corrected chi connectivity index (χ0v) is 13.1. The van der Waals surface area contributed by atoms with Gasteiger partial charge >= 0.3 is 0 Å². The number of rotatable bonds is 6. The zero-order valence-electron chi connectivity index (χ0n) is 13.1. The third kappa shape index (κ3) is 4.19. The van der Waals surface area contributed by atoms with Crippen LogP contribution in [0.25, 0.3) is 0 Å². The van der Waals surface area contributed by atoms with E-state index in [2.05, 4.69) is 18.7 Å². The molecule has 1 N–H and O–H groups in total. The molecular formula is C16H30N2O2. The molecule has 0 bridgehead atoms. The van der Waals surface area contributed by atoms with Crippen LogP contribution in [0.15, 0.2) is 0 Å². The number of hydrogen-bond acceptors (Lipinski definition) is 3. The minimum absolute atomic E-state index is 0.212. The molecule has 0 radical (unpaired) electrons. The molecule has 1 amide bonds. The average molecular weight is 282 g/mol. The van der Waals surface area contributed by atoms with Gasteiger partial charge in [0.1, 0.15) is 0 Å². The number of aliphatic hydroxyl groups is 1. The lowest BCUT2D eigenvalue weighted by molar-refractivity contribution is -0.136. The Morgan fingerprint density at radius 2 is 2.05 bits per heavy atom. The summed E-state index contributed by atoms with van der Waals surface area (Å²) in [6.07, 6.45) is 5.29. The Balaban J connectivity index is 1.85. The van der Waals surface area contributed by atoms with E-state index < -0.39 is 0 Å². The van der Waals surface area contributed by atoms with Crippen molar-refractivity contribution in [1.29, 1.82) is 0 Å². The minimum Gasteiger partial charge on any atom is -0.396 e. The quantitative estimate of drug-likeness (QED) is 0.807. The maximum absolute atomic E-state index is 12.3. The Kier molecular flexibility index (Phi) is 5.85. The number of hydrogen-bond donors (Lipinski definition) is 1. The largest absolute Gasteiger partial charge is 0.396 e. The molecule has 1 aliphatic heterocycles. The van der Waals surface area contributed by atoms with Crippen LogP contribution in [0.5, 0.6) is 0 Å².